The van der Waals surface area contributed by atoms with E-state index in [4.69, 9.17) is 0 Å². The highest BCUT2D eigenvalue weighted by Gasteiger charge is 2.32. The van der Waals surface area contributed by atoms with E-state index in [1.807, 2.05) is 53.4 Å². The maximum Gasteiger partial charge on any atom is 0.256 e. The van der Waals surface area contributed by atoms with Crippen LogP contribution in [0.15, 0.2) is 116 Å². The van der Waals surface area contributed by atoms with Crippen LogP contribution in [0.4, 0.5) is 0 Å². The molecule has 0 saturated carbocycles. The van der Waals surface area contributed by atoms with Gasteiger partial charge >= 0.3 is 0 Å². The molecular weight excluding hydrogens is 416 g/mol. The molecule has 1 aromatic heterocycles. The molecule has 0 saturated heterocycles. The average Bonchev–Trinajstić information content (AvgIpc) is 3.57. The summed E-state index contributed by atoms with van der Waals surface area (Å²) in [5, 5.41) is 2.42. The Balaban J connectivity index is 1.43. The highest BCUT2D eigenvalue weighted by molar-refractivity contribution is 5.98. The summed E-state index contributed by atoms with van der Waals surface area (Å²) in [4.78, 5) is 16.3. The Morgan fingerprint density at radius 2 is 1.53 bits per heavy atom. The molecule has 0 fully saturated rings. The summed E-state index contributed by atoms with van der Waals surface area (Å²) in [5.41, 5.74) is 5.41. The van der Waals surface area contributed by atoms with E-state index < -0.39 is 0 Å². The van der Waals surface area contributed by atoms with Gasteiger partial charge < -0.3 is 9.47 Å². The minimum Gasteiger partial charge on any atom is -0.327 e. The number of fused-ring (bicyclic) bond motifs is 2. The van der Waals surface area contributed by atoms with E-state index in [1.54, 1.807) is 0 Å². The highest BCUT2D eigenvalue weighted by atomic mass is 16.2. The van der Waals surface area contributed by atoms with E-state index >= 15 is 0 Å². The standard InChI is InChI=1S/C31H26N2O/c34-31(28-13-5-6-14-29(28)32-19-7-8-20-32)33(30-18-17-25-10-3-4-12-27(25)30)22-23-15-16-24-9-1-2-11-26(24)21-23/h1-16,19-21,30H,17-18,22H2. The first-order valence-electron chi connectivity index (χ1n) is 11.9. The van der Waals surface area contributed by atoms with Gasteiger partial charge in [-0.2, -0.15) is 0 Å². The van der Waals surface area contributed by atoms with Gasteiger partial charge in [-0.25, -0.2) is 0 Å². The van der Waals surface area contributed by atoms with Crippen molar-refractivity contribution in [2.75, 3.05) is 0 Å². The predicted octanol–water partition coefficient (Wildman–Crippen LogP) is 6.96. The lowest BCUT2D eigenvalue weighted by atomic mass is 10.0. The molecule has 1 atom stereocenters. The molecule has 34 heavy (non-hydrogen) atoms. The van der Waals surface area contributed by atoms with Crippen LogP contribution < -0.4 is 0 Å². The van der Waals surface area contributed by atoms with E-state index in [9.17, 15) is 4.79 Å². The molecule has 1 unspecified atom stereocenters. The predicted molar refractivity (Wildman–Crippen MR) is 137 cm³/mol. The van der Waals surface area contributed by atoms with Gasteiger partial charge in [0.25, 0.3) is 5.91 Å². The van der Waals surface area contributed by atoms with E-state index in [1.165, 1.54) is 21.9 Å². The van der Waals surface area contributed by atoms with Crippen molar-refractivity contribution in [3.05, 3.63) is 138 Å². The van der Waals surface area contributed by atoms with Gasteiger partial charge in [-0.3, -0.25) is 4.79 Å². The molecule has 3 heteroatoms. The first kappa shape index (κ1) is 20.5. The summed E-state index contributed by atoms with van der Waals surface area (Å²) >= 11 is 0. The van der Waals surface area contributed by atoms with Crippen molar-refractivity contribution in [3.8, 4) is 5.69 Å². The van der Waals surface area contributed by atoms with Gasteiger partial charge in [-0.15, -0.1) is 0 Å². The quantitative estimate of drug-likeness (QED) is 0.289. The van der Waals surface area contributed by atoms with Crippen LogP contribution >= 0.6 is 0 Å². The lowest BCUT2D eigenvalue weighted by molar-refractivity contribution is 0.0658. The monoisotopic (exact) mass is 442 g/mol. The van der Waals surface area contributed by atoms with Crippen molar-refractivity contribution in [2.45, 2.75) is 25.4 Å². The van der Waals surface area contributed by atoms with Gasteiger partial charge in [0.15, 0.2) is 0 Å². The molecule has 0 spiro atoms. The number of para-hydroxylation sites is 1. The minimum absolute atomic E-state index is 0.0629. The van der Waals surface area contributed by atoms with E-state index in [0.29, 0.717) is 6.54 Å². The fourth-order valence-corrected chi connectivity index (χ4v) is 5.25. The molecule has 0 aliphatic heterocycles. The molecule has 0 radical (unpaired) electrons. The Labute approximate surface area is 199 Å². The lowest BCUT2D eigenvalue weighted by Crippen LogP contribution is -2.34. The molecule has 0 N–H and O–H groups in total. The first-order chi connectivity index (χ1) is 16.8. The van der Waals surface area contributed by atoms with Gasteiger partial charge in [0.1, 0.15) is 0 Å². The molecule has 6 rings (SSSR count). The Morgan fingerprint density at radius 3 is 2.41 bits per heavy atom. The fourth-order valence-electron chi connectivity index (χ4n) is 5.25. The van der Waals surface area contributed by atoms with Crippen molar-refractivity contribution in [1.29, 1.82) is 0 Å². The topological polar surface area (TPSA) is 25.2 Å². The lowest BCUT2D eigenvalue weighted by Gasteiger charge is -2.31. The van der Waals surface area contributed by atoms with Crippen LogP contribution in [-0.2, 0) is 13.0 Å². The molecule has 3 nitrogen and oxygen atoms in total. The molecule has 5 aromatic rings. The third-order valence-electron chi connectivity index (χ3n) is 6.92. The second-order valence-electron chi connectivity index (χ2n) is 8.98. The molecule has 1 aliphatic rings. The average molecular weight is 443 g/mol. The van der Waals surface area contributed by atoms with Crippen molar-refractivity contribution in [1.82, 2.24) is 9.47 Å². The van der Waals surface area contributed by atoms with Crippen LogP contribution in [0.3, 0.4) is 0 Å². The highest BCUT2D eigenvalue weighted by Crippen LogP contribution is 2.38. The van der Waals surface area contributed by atoms with Crippen molar-refractivity contribution in [2.24, 2.45) is 0 Å². The fraction of sp³-hybridized carbons (Fsp3) is 0.129. The van der Waals surface area contributed by atoms with Crippen LogP contribution in [0.5, 0.6) is 0 Å². The number of carbonyl (C=O) groups is 1. The third kappa shape index (κ3) is 3.69. The zero-order chi connectivity index (χ0) is 22.9. The number of hydrogen-bond donors (Lipinski definition) is 0. The van der Waals surface area contributed by atoms with E-state index in [-0.39, 0.29) is 11.9 Å². The normalized spacial score (nSPS) is 14.8. The Bertz CT molecular complexity index is 1470. The van der Waals surface area contributed by atoms with Gasteiger partial charge in [0.05, 0.1) is 17.3 Å². The molecular formula is C31H26N2O. The number of nitrogens with zero attached hydrogens (tertiary/aromatic N) is 2. The summed E-state index contributed by atoms with van der Waals surface area (Å²) in [6.45, 7) is 0.572. The third-order valence-corrected chi connectivity index (χ3v) is 6.92. The smallest absolute Gasteiger partial charge is 0.256 e. The van der Waals surface area contributed by atoms with Crippen LogP contribution in [-0.4, -0.2) is 15.4 Å². The van der Waals surface area contributed by atoms with Crippen LogP contribution in [0.25, 0.3) is 16.5 Å². The van der Waals surface area contributed by atoms with Crippen LogP contribution in [0.2, 0.25) is 0 Å². The van der Waals surface area contributed by atoms with Gasteiger partial charge in [0.2, 0.25) is 0 Å². The largest absolute Gasteiger partial charge is 0.327 e. The number of aryl methyl sites for hydroxylation is 1. The molecule has 0 bridgehead atoms. The summed E-state index contributed by atoms with van der Waals surface area (Å²) in [6.07, 6.45) is 5.93. The Kier molecular flexibility index (Phi) is 5.23. The van der Waals surface area contributed by atoms with Crippen LogP contribution in [0, 0.1) is 0 Å². The Morgan fingerprint density at radius 1 is 0.794 bits per heavy atom. The number of hydrogen-bond acceptors (Lipinski definition) is 1. The maximum atomic E-state index is 14.2. The molecule has 1 heterocycles. The Hall–Kier alpha value is -4.11. The minimum atomic E-state index is 0.0629. The number of amides is 1. The zero-order valence-electron chi connectivity index (χ0n) is 19.0. The number of aromatic nitrogens is 1. The van der Waals surface area contributed by atoms with E-state index in [0.717, 1.165) is 29.7 Å². The molecule has 166 valence electrons. The van der Waals surface area contributed by atoms with Gasteiger partial charge in [-0.05, 0) is 70.6 Å². The van der Waals surface area contributed by atoms with Gasteiger partial charge in [0, 0.05) is 18.9 Å². The first-order valence-corrected chi connectivity index (χ1v) is 11.9. The number of rotatable bonds is 5. The van der Waals surface area contributed by atoms with Crippen LogP contribution in [0.1, 0.15) is 39.5 Å². The number of benzene rings is 4. The summed E-state index contributed by atoms with van der Waals surface area (Å²) in [5.74, 6) is 0.0687. The van der Waals surface area contributed by atoms with Crippen molar-refractivity contribution < 1.29 is 4.79 Å². The van der Waals surface area contributed by atoms with E-state index in [2.05, 4.69) is 71.6 Å². The van der Waals surface area contributed by atoms with Crippen molar-refractivity contribution in [3.63, 3.8) is 0 Å². The number of carbonyl (C=O) groups excluding carboxylic acids is 1. The second kappa shape index (κ2) is 8.68. The molecule has 1 amide bonds. The van der Waals surface area contributed by atoms with Crippen molar-refractivity contribution >= 4 is 16.7 Å². The van der Waals surface area contributed by atoms with Gasteiger partial charge in [-0.1, -0.05) is 72.8 Å². The summed E-state index contributed by atoms with van der Waals surface area (Å²) < 4.78 is 2.02. The summed E-state index contributed by atoms with van der Waals surface area (Å²) in [6, 6.07) is 35.4. The zero-order valence-corrected chi connectivity index (χ0v) is 19.0. The molecule has 1 aliphatic carbocycles. The SMILES string of the molecule is O=C(c1ccccc1-n1cccc1)N(Cc1ccc2ccccc2c1)C1CCc2ccccc21. The molecule has 4 aromatic carbocycles. The second-order valence-corrected chi connectivity index (χ2v) is 8.98. The summed E-state index contributed by atoms with van der Waals surface area (Å²) in [7, 11) is 0. The maximum absolute atomic E-state index is 14.2.